The molecule has 0 aliphatic carbocycles. The van der Waals surface area contributed by atoms with Gasteiger partial charge in [-0.05, 0) is 23.6 Å². The summed E-state index contributed by atoms with van der Waals surface area (Å²) in [6.07, 6.45) is 0.585. The van der Waals surface area contributed by atoms with Crippen LogP contribution in [-0.4, -0.2) is 42.2 Å². The number of aliphatic carboxylic acids is 1. The van der Waals surface area contributed by atoms with Crippen LogP contribution in [0.3, 0.4) is 0 Å². The van der Waals surface area contributed by atoms with E-state index in [0.29, 0.717) is 17.6 Å². The second-order valence-electron chi connectivity index (χ2n) is 6.74. The number of aliphatic imine (C=N–C) groups is 1. The highest BCUT2D eigenvalue weighted by Gasteiger charge is 2.49. The zero-order valence-corrected chi connectivity index (χ0v) is 15.6. The molecular formula is C22H21NO5. The van der Waals surface area contributed by atoms with Crippen LogP contribution in [0.15, 0.2) is 59.6 Å². The quantitative estimate of drug-likeness (QED) is 0.637. The van der Waals surface area contributed by atoms with E-state index in [1.165, 1.54) is 7.11 Å². The smallest absolute Gasteiger partial charge is 0.312 e. The van der Waals surface area contributed by atoms with Crippen molar-refractivity contribution in [3.63, 3.8) is 0 Å². The third-order valence-electron chi connectivity index (χ3n) is 5.20. The zero-order valence-electron chi connectivity index (χ0n) is 15.6. The van der Waals surface area contributed by atoms with Crippen LogP contribution in [0.1, 0.15) is 18.4 Å². The van der Waals surface area contributed by atoms with E-state index in [1.807, 2.05) is 42.5 Å². The summed E-state index contributed by atoms with van der Waals surface area (Å²) in [6, 6.07) is 15.9. The molecule has 4 unspecified atom stereocenters. The van der Waals surface area contributed by atoms with E-state index in [9.17, 15) is 19.5 Å². The second kappa shape index (κ2) is 8.17. The molecule has 0 fully saturated rings. The topological polar surface area (TPSA) is 93.0 Å². The number of hydrogen-bond acceptors (Lipinski definition) is 5. The molecule has 1 aliphatic rings. The number of aldehydes is 1. The Bertz CT molecular complexity index is 922. The van der Waals surface area contributed by atoms with Crippen LogP contribution < -0.4 is 0 Å². The van der Waals surface area contributed by atoms with Crippen molar-refractivity contribution in [1.82, 2.24) is 0 Å². The van der Waals surface area contributed by atoms with Crippen LogP contribution in [0, 0.1) is 11.8 Å². The first-order valence-electron chi connectivity index (χ1n) is 8.94. The van der Waals surface area contributed by atoms with Crippen molar-refractivity contribution in [1.29, 1.82) is 0 Å². The summed E-state index contributed by atoms with van der Waals surface area (Å²) in [6.45, 7) is 1.58. The minimum absolute atomic E-state index is 0.317. The summed E-state index contributed by atoms with van der Waals surface area (Å²) < 4.78 is 4.92. The molecule has 3 rings (SSSR count). The maximum Gasteiger partial charge on any atom is 0.312 e. The molecule has 0 radical (unpaired) electrons. The molecule has 6 nitrogen and oxygen atoms in total. The van der Waals surface area contributed by atoms with Gasteiger partial charge in [0.05, 0.1) is 13.0 Å². The molecule has 1 aliphatic heterocycles. The third-order valence-corrected chi connectivity index (χ3v) is 5.20. The average Bonchev–Trinajstić information content (AvgIpc) is 2.72. The van der Waals surface area contributed by atoms with Crippen molar-refractivity contribution in [3.8, 4) is 11.1 Å². The predicted molar refractivity (Wildman–Crippen MR) is 104 cm³/mol. The van der Waals surface area contributed by atoms with Gasteiger partial charge in [0.2, 0.25) is 0 Å². The number of hydrogen-bond donors (Lipinski definition) is 1. The maximum absolute atomic E-state index is 12.6. The molecule has 1 heterocycles. The van der Waals surface area contributed by atoms with Crippen molar-refractivity contribution in [2.45, 2.75) is 18.9 Å². The van der Waals surface area contributed by atoms with Gasteiger partial charge in [-0.1, -0.05) is 54.6 Å². The molecule has 2 aromatic rings. The number of methoxy groups -OCH3 is 1. The van der Waals surface area contributed by atoms with Crippen molar-refractivity contribution in [2.75, 3.05) is 7.11 Å². The molecule has 0 saturated carbocycles. The Morgan fingerprint density at radius 3 is 2.32 bits per heavy atom. The summed E-state index contributed by atoms with van der Waals surface area (Å²) in [7, 11) is 1.23. The van der Waals surface area contributed by atoms with Gasteiger partial charge in [0.1, 0.15) is 18.2 Å². The molecular weight excluding hydrogens is 358 g/mol. The second-order valence-corrected chi connectivity index (χ2v) is 6.74. The molecule has 144 valence electrons. The van der Waals surface area contributed by atoms with Crippen LogP contribution in [0.25, 0.3) is 11.1 Å². The lowest BCUT2D eigenvalue weighted by molar-refractivity contribution is -0.150. The van der Waals surface area contributed by atoms with E-state index < -0.39 is 35.7 Å². The predicted octanol–water partition coefficient (Wildman–Crippen LogP) is 2.97. The van der Waals surface area contributed by atoms with E-state index in [4.69, 9.17) is 4.74 Å². The molecule has 0 spiro atoms. The summed E-state index contributed by atoms with van der Waals surface area (Å²) >= 11 is 0. The number of rotatable bonds is 5. The minimum atomic E-state index is -1.09. The number of carboxylic acids is 1. The number of esters is 1. The molecule has 28 heavy (non-hydrogen) atoms. The van der Waals surface area contributed by atoms with Gasteiger partial charge >= 0.3 is 11.9 Å². The zero-order chi connectivity index (χ0) is 20.3. The van der Waals surface area contributed by atoms with Crippen LogP contribution in [0.2, 0.25) is 0 Å². The van der Waals surface area contributed by atoms with Crippen LogP contribution in [-0.2, 0) is 19.1 Å². The summed E-state index contributed by atoms with van der Waals surface area (Å²) in [5, 5.41) is 9.91. The summed E-state index contributed by atoms with van der Waals surface area (Å²) in [5.74, 6) is -4.57. The molecule has 0 saturated heterocycles. The van der Waals surface area contributed by atoms with Gasteiger partial charge in [-0.15, -0.1) is 0 Å². The van der Waals surface area contributed by atoms with E-state index in [0.717, 1.165) is 11.1 Å². The first kappa shape index (κ1) is 19.5. The van der Waals surface area contributed by atoms with Gasteiger partial charge in [0.15, 0.2) is 0 Å². The highest BCUT2D eigenvalue weighted by Crippen LogP contribution is 2.43. The molecule has 2 aromatic carbocycles. The van der Waals surface area contributed by atoms with Gasteiger partial charge in [-0.3, -0.25) is 14.6 Å². The fraction of sp³-hybridized carbons (Fsp3) is 0.273. The highest BCUT2D eigenvalue weighted by molar-refractivity contribution is 6.04. The molecule has 0 aromatic heterocycles. The van der Waals surface area contributed by atoms with Crippen LogP contribution in [0.4, 0.5) is 0 Å². The Labute approximate surface area is 162 Å². The normalized spacial score (nSPS) is 24.1. The average molecular weight is 379 g/mol. The van der Waals surface area contributed by atoms with Gasteiger partial charge in [-0.2, -0.15) is 0 Å². The first-order valence-corrected chi connectivity index (χ1v) is 8.94. The molecule has 6 heteroatoms. The number of benzene rings is 2. The van der Waals surface area contributed by atoms with Crippen LogP contribution >= 0.6 is 0 Å². The Hall–Kier alpha value is -3.28. The third kappa shape index (κ3) is 3.45. The molecule has 4 atom stereocenters. The molecule has 0 bridgehead atoms. The molecule has 0 amide bonds. The number of carbonyl (C=O) groups is 3. The first-order chi connectivity index (χ1) is 13.5. The van der Waals surface area contributed by atoms with Crippen molar-refractivity contribution in [2.24, 2.45) is 16.8 Å². The van der Waals surface area contributed by atoms with Gasteiger partial charge in [0.25, 0.3) is 0 Å². The van der Waals surface area contributed by atoms with E-state index in [-0.39, 0.29) is 0 Å². The van der Waals surface area contributed by atoms with E-state index in [2.05, 4.69) is 4.99 Å². The Balaban J connectivity index is 2.26. The van der Waals surface area contributed by atoms with Gasteiger partial charge in [0, 0.05) is 11.6 Å². The number of ether oxygens (including phenoxy) is 1. The largest absolute Gasteiger partial charge is 0.481 e. The van der Waals surface area contributed by atoms with E-state index in [1.54, 1.807) is 19.1 Å². The fourth-order valence-electron chi connectivity index (χ4n) is 3.99. The monoisotopic (exact) mass is 379 g/mol. The number of carboxylic acid groups (broad SMARTS) is 1. The summed E-state index contributed by atoms with van der Waals surface area (Å²) in [4.78, 5) is 40.6. The fourth-order valence-corrected chi connectivity index (χ4v) is 3.99. The summed E-state index contributed by atoms with van der Waals surface area (Å²) in [5.41, 5.74) is 2.71. The van der Waals surface area contributed by atoms with E-state index >= 15 is 0 Å². The minimum Gasteiger partial charge on any atom is -0.481 e. The van der Waals surface area contributed by atoms with Gasteiger partial charge in [-0.25, -0.2) is 0 Å². The van der Waals surface area contributed by atoms with Crippen molar-refractivity contribution < 1.29 is 24.2 Å². The number of carbonyl (C=O) groups excluding carboxylic acids is 2. The highest BCUT2D eigenvalue weighted by atomic mass is 16.5. The Kier molecular flexibility index (Phi) is 5.68. The SMILES string of the molecule is COC(=O)C1C(C=O)N=C(C)C(C(=O)O)C1c1ccccc1-c1ccccc1. The lowest BCUT2D eigenvalue weighted by Crippen LogP contribution is -2.46. The molecule has 1 N–H and O–H groups in total. The lowest BCUT2D eigenvalue weighted by Gasteiger charge is -2.37. The Morgan fingerprint density at radius 1 is 1.07 bits per heavy atom. The maximum atomic E-state index is 12.6. The standard InChI is InChI=1S/C22H21NO5/c1-13-18(21(25)26)19(20(22(27)28-2)17(12-24)23-13)16-11-7-6-10-15(16)14-8-4-3-5-9-14/h3-12,17-20H,1-2H3,(H,25,26). The number of nitrogens with zero attached hydrogens (tertiary/aromatic N) is 1. The van der Waals surface area contributed by atoms with Crippen LogP contribution in [0.5, 0.6) is 0 Å². The van der Waals surface area contributed by atoms with Crippen molar-refractivity contribution in [3.05, 3.63) is 60.2 Å². The Morgan fingerprint density at radius 2 is 1.71 bits per heavy atom. The van der Waals surface area contributed by atoms with Gasteiger partial charge < -0.3 is 14.6 Å². The lowest BCUT2D eigenvalue weighted by atomic mass is 9.68. The van der Waals surface area contributed by atoms with Crippen molar-refractivity contribution >= 4 is 23.9 Å².